The molecule has 0 aromatic carbocycles. The first kappa shape index (κ1) is 16.6. The second kappa shape index (κ2) is 6.44. The number of carbonyl (C=O) groups excluding carboxylic acids is 1. The number of aryl methyl sites for hydroxylation is 2. The minimum atomic E-state index is -0.128. The third-order valence-electron chi connectivity index (χ3n) is 4.94. The summed E-state index contributed by atoms with van der Waals surface area (Å²) in [4.78, 5) is 23.1. The zero-order valence-electron chi connectivity index (χ0n) is 15.0. The first-order valence-corrected chi connectivity index (χ1v) is 8.92. The number of hydrogen-bond donors (Lipinski definition) is 1. The van der Waals surface area contributed by atoms with Crippen molar-refractivity contribution in [3.8, 4) is 0 Å². The van der Waals surface area contributed by atoms with Crippen molar-refractivity contribution in [2.75, 3.05) is 12.8 Å². The molecule has 3 aromatic rings. The van der Waals surface area contributed by atoms with E-state index in [9.17, 15) is 4.79 Å². The van der Waals surface area contributed by atoms with Crippen LogP contribution in [-0.4, -0.2) is 37.5 Å². The number of amides is 1. The summed E-state index contributed by atoms with van der Waals surface area (Å²) in [5.41, 5.74) is 9.72. The lowest BCUT2D eigenvalue weighted by molar-refractivity contribution is 0.0781. The Kier molecular flexibility index (Phi) is 4.10. The number of aromatic nitrogens is 4. The van der Waals surface area contributed by atoms with Crippen molar-refractivity contribution in [2.45, 2.75) is 45.7 Å². The van der Waals surface area contributed by atoms with Crippen molar-refractivity contribution in [1.82, 2.24) is 24.6 Å². The summed E-state index contributed by atoms with van der Waals surface area (Å²) in [6.07, 6.45) is 5.75. The number of pyridine rings is 1. The minimum Gasteiger partial charge on any atom is -0.369 e. The van der Waals surface area contributed by atoms with Crippen LogP contribution in [0.2, 0.25) is 0 Å². The number of anilines is 1. The molecule has 2 N–H and O–H groups in total. The number of fused-ring (bicyclic) bond motifs is 2. The molecule has 0 spiro atoms. The Hall–Kier alpha value is -2.90. The Bertz CT molecular complexity index is 974. The van der Waals surface area contributed by atoms with E-state index in [0.29, 0.717) is 35.8 Å². The maximum absolute atomic E-state index is 12.8. The van der Waals surface area contributed by atoms with Crippen LogP contribution in [0.3, 0.4) is 0 Å². The molecule has 1 aliphatic rings. The highest BCUT2D eigenvalue weighted by atomic mass is 16.5. The van der Waals surface area contributed by atoms with Crippen molar-refractivity contribution >= 4 is 23.0 Å². The van der Waals surface area contributed by atoms with Gasteiger partial charge in [-0.05, 0) is 32.3 Å². The lowest BCUT2D eigenvalue weighted by atomic mass is 9.96. The summed E-state index contributed by atoms with van der Waals surface area (Å²) in [6.45, 7) is 3.08. The molecule has 3 aromatic heterocycles. The zero-order chi connectivity index (χ0) is 18.3. The largest absolute Gasteiger partial charge is 0.369 e. The number of nitrogen functional groups attached to an aromatic ring is 1. The third-order valence-corrected chi connectivity index (χ3v) is 4.94. The molecule has 4 rings (SSSR count). The van der Waals surface area contributed by atoms with Gasteiger partial charge in [0.15, 0.2) is 5.65 Å². The molecular formula is C18H22N6O2. The molecule has 0 unspecified atom stereocenters. The number of hydrogen-bond acceptors (Lipinski definition) is 6. The highest BCUT2D eigenvalue weighted by Crippen LogP contribution is 2.25. The number of nitrogens with zero attached hydrogens (tertiary/aromatic N) is 5. The second-order valence-corrected chi connectivity index (χ2v) is 6.68. The van der Waals surface area contributed by atoms with Crippen molar-refractivity contribution in [3.63, 3.8) is 0 Å². The number of rotatable bonds is 4. The average molecular weight is 354 g/mol. The molecule has 136 valence electrons. The maximum Gasteiger partial charge on any atom is 0.255 e. The van der Waals surface area contributed by atoms with Crippen molar-refractivity contribution in [1.29, 1.82) is 0 Å². The van der Waals surface area contributed by atoms with E-state index in [4.69, 9.17) is 10.3 Å². The van der Waals surface area contributed by atoms with Crippen LogP contribution in [0.1, 0.15) is 47.1 Å². The summed E-state index contributed by atoms with van der Waals surface area (Å²) in [6, 6.07) is 1.74. The highest BCUT2D eigenvalue weighted by Gasteiger charge is 2.22. The molecule has 0 saturated carbocycles. The van der Waals surface area contributed by atoms with E-state index in [-0.39, 0.29) is 5.91 Å². The Morgan fingerprint density at radius 3 is 3.00 bits per heavy atom. The minimum absolute atomic E-state index is 0.128. The monoisotopic (exact) mass is 354 g/mol. The van der Waals surface area contributed by atoms with Crippen LogP contribution in [0.5, 0.6) is 0 Å². The van der Waals surface area contributed by atoms with Gasteiger partial charge >= 0.3 is 0 Å². The topological polar surface area (TPSA) is 103 Å². The fourth-order valence-electron chi connectivity index (χ4n) is 3.55. The Labute approximate surface area is 151 Å². The lowest BCUT2D eigenvalue weighted by Crippen LogP contribution is -2.27. The van der Waals surface area contributed by atoms with E-state index >= 15 is 0 Å². The Balaban J connectivity index is 1.57. The molecule has 0 bridgehead atoms. The number of carbonyl (C=O) groups is 1. The summed E-state index contributed by atoms with van der Waals surface area (Å²) in [5, 5.41) is 4.17. The van der Waals surface area contributed by atoms with E-state index in [0.717, 1.165) is 37.1 Å². The summed E-state index contributed by atoms with van der Waals surface area (Å²) < 4.78 is 7.25. The van der Waals surface area contributed by atoms with E-state index in [1.807, 2.05) is 11.5 Å². The fraction of sp³-hybridized carbons (Fsp3) is 0.444. The molecule has 0 atom stereocenters. The summed E-state index contributed by atoms with van der Waals surface area (Å²) >= 11 is 0. The van der Waals surface area contributed by atoms with Gasteiger partial charge in [-0.1, -0.05) is 5.16 Å². The van der Waals surface area contributed by atoms with E-state index < -0.39 is 0 Å². The van der Waals surface area contributed by atoms with Gasteiger partial charge in [-0.25, -0.2) is 9.97 Å². The lowest BCUT2D eigenvalue weighted by Gasteiger charge is -2.17. The predicted molar refractivity (Wildman–Crippen MR) is 96.6 cm³/mol. The highest BCUT2D eigenvalue weighted by molar-refractivity contribution is 5.96. The molecular weight excluding hydrogens is 332 g/mol. The van der Waals surface area contributed by atoms with E-state index in [1.165, 1.54) is 5.56 Å². The predicted octanol–water partition coefficient (Wildman–Crippen LogP) is 2.17. The molecule has 1 aliphatic carbocycles. The van der Waals surface area contributed by atoms with Crippen LogP contribution in [0.25, 0.3) is 11.2 Å². The van der Waals surface area contributed by atoms with Gasteiger partial charge in [0.2, 0.25) is 5.95 Å². The van der Waals surface area contributed by atoms with Gasteiger partial charge in [0.05, 0.1) is 12.1 Å². The first-order chi connectivity index (χ1) is 12.6. The van der Waals surface area contributed by atoms with Gasteiger partial charge in [-0.2, -0.15) is 0 Å². The van der Waals surface area contributed by atoms with Crippen molar-refractivity contribution < 1.29 is 9.32 Å². The van der Waals surface area contributed by atoms with Crippen LogP contribution < -0.4 is 5.73 Å². The fourth-order valence-corrected chi connectivity index (χ4v) is 3.55. The molecule has 1 amide bonds. The van der Waals surface area contributed by atoms with Crippen molar-refractivity contribution in [2.24, 2.45) is 0 Å². The van der Waals surface area contributed by atoms with Crippen LogP contribution in [-0.2, 0) is 25.9 Å². The molecule has 8 nitrogen and oxygen atoms in total. The SMILES string of the molecule is CCn1c(N)nc2cc(C(=O)N(C)Cc3noc4c3CCCC4)cnc21. The van der Waals surface area contributed by atoms with Crippen molar-refractivity contribution in [3.05, 3.63) is 34.8 Å². The van der Waals surface area contributed by atoms with Gasteiger partial charge in [-0.3, -0.25) is 9.36 Å². The normalized spacial score (nSPS) is 13.8. The Morgan fingerprint density at radius 2 is 2.19 bits per heavy atom. The molecule has 0 radical (unpaired) electrons. The summed E-state index contributed by atoms with van der Waals surface area (Å²) in [7, 11) is 1.76. The van der Waals surface area contributed by atoms with Crippen LogP contribution in [0.4, 0.5) is 5.95 Å². The standard InChI is InChI=1S/C18H22N6O2/c1-3-24-16-13(21-18(24)19)8-11(9-20-16)17(25)23(2)10-14-12-6-4-5-7-15(12)26-22-14/h8-9H,3-7,10H2,1-2H3,(H2,19,21). The third kappa shape index (κ3) is 2.71. The number of imidazole rings is 1. The molecule has 0 saturated heterocycles. The van der Waals surface area contributed by atoms with Crippen LogP contribution in [0.15, 0.2) is 16.8 Å². The van der Waals surface area contributed by atoms with Gasteiger partial charge < -0.3 is 15.2 Å². The quantitative estimate of drug-likeness (QED) is 0.770. The maximum atomic E-state index is 12.8. The van der Waals surface area contributed by atoms with E-state index in [1.54, 1.807) is 24.2 Å². The zero-order valence-corrected chi connectivity index (χ0v) is 15.0. The molecule has 0 fully saturated rings. The van der Waals surface area contributed by atoms with Gasteiger partial charge in [-0.15, -0.1) is 0 Å². The second-order valence-electron chi connectivity index (χ2n) is 6.68. The van der Waals surface area contributed by atoms with Crippen LogP contribution in [0, 0.1) is 0 Å². The number of nitrogens with two attached hydrogens (primary N) is 1. The van der Waals surface area contributed by atoms with Crippen LogP contribution >= 0.6 is 0 Å². The molecule has 0 aliphatic heterocycles. The first-order valence-electron chi connectivity index (χ1n) is 8.92. The molecule has 3 heterocycles. The van der Waals surface area contributed by atoms with Gasteiger partial charge in [0.25, 0.3) is 5.91 Å². The average Bonchev–Trinajstić information content (AvgIpc) is 3.20. The molecule has 8 heteroatoms. The summed E-state index contributed by atoms with van der Waals surface area (Å²) in [5.74, 6) is 1.24. The molecule has 26 heavy (non-hydrogen) atoms. The smallest absolute Gasteiger partial charge is 0.255 e. The van der Waals surface area contributed by atoms with E-state index in [2.05, 4.69) is 15.1 Å². The van der Waals surface area contributed by atoms with Gasteiger partial charge in [0, 0.05) is 31.8 Å². The Morgan fingerprint density at radius 1 is 1.38 bits per heavy atom. The van der Waals surface area contributed by atoms with Gasteiger partial charge in [0.1, 0.15) is 17.0 Å².